The van der Waals surface area contributed by atoms with E-state index in [4.69, 9.17) is 0 Å². The Bertz CT molecular complexity index is 446. The summed E-state index contributed by atoms with van der Waals surface area (Å²) in [4.78, 5) is 10.3. The van der Waals surface area contributed by atoms with E-state index < -0.39 is 0 Å². The van der Waals surface area contributed by atoms with Gasteiger partial charge in [-0.2, -0.15) is 0 Å². The minimum Gasteiger partial charge on any atom is -0.258 e. The van der Waals surface area contributed by atoms with Crippen molar-refractivity contribution in [1.82, 2.24) is 0 Å². The quantitative estimate of drug-likeness (QED) is 0.450. The zero-order valence-electron chi connectivity index (χ0n) is 10.2. The van der Waals surface area contributed by atoms with Crippen molar-refractivity contribution >= 4 is 5.69 Å². The molecule has 3 nitrogen and oxygen atoms in total. The van der Waals surface area contributed by atoms with Gasteiger partial charge in [0, 0.05) is 12.1 Å². The predicted molar refractivity (Wildman–Crippen MR) is 68.0 cm³/mol. The number of nitro benzene ring substituents is 1. The molecule has 90 valence electrons. The highest BCUT2D eigenvalue weighted by atomic mass is 16.6. The van der Waals surface area contributed by atoms with E-state index in [9.17, 15) is 10.1 Å². The van der Waals surface area contributed by atoms with Gasteiger partial charge in [0.15, 0.2) is 0 Å². The first kappa shape index (κ1) is 11.8. The molecular weight excluding hydrogens is 214 g/mol. The molecule has 0 N–H and O–H groups in total. The van der Waals surface area contributed by atoms with Crippen LogP contribution in [0.5, 0.6) is 0 Å². The Balaban J connectivity index is 2.26. The van der Waals surface area contributed by atoms with Crippen LogP contribution in [0.1, 0.15) is 32.3 Å². The minimum absolute atomic E-state index is 0.0438. The van der Waals surface area contributed by atoms with Gasteiger partial charge in [-0.15, -0.1) is 0 Å². The Morgan fingerprint density at radius 2 is 1.94 bits per heavy atom. The summed E-state index contributed by atoms with van der Waals surface area (Å²) in [7, 11) is 0. The van der Waals surface area contributed by atoms with Gasteiger partial charge in [-0.1, -0.05) is 38.1 Å². The fourth-order valence-electron chi connectivity index (χ4n) is 2.46. The van der Waals surface area contributed by atoms with Gasteiger partial charge < -0.3 is 0 Å². The number of allylic oxidation sites excluding steroid dienone is 2. The smallest absolute Gasteiger partial charge is 0.258 e. The fraction of sp³-hybridized carbons (Fsp3) is 0.429. The van der Waals surface area contributed by atoms with Crippen molar-refractivity contribution in [3.05, 3.63) is 52.1 Å². The molecule has 1 unspecified atom stereocenters. The van der Waals surface area contributed by atoms with E-state index >= 15 is 0 Å². The van der Waals surface area contributed by atoms with Gasteiger partial charge in [-0.3, -0.25) is 10.1 Å². The standard InChI is InChI=1S/C14H17NO2/c1-14(2,11-5-3-4-6-11)12-7-9-13(10-8-12)15(16)17/h3,5,7-11H,4,6H2,1-2H3. The predicted octanol–water partition coefficient (Wildman–Crippen LogP) is 3.84. The maximum absolute atomic E-state index is 10.6. The molecule has 2 rings (SSSR count). The van der Waals surface area contributed by atoms with Crippen LogP contribution in [0.4, 0.5) is 5.69 Å². The monoisotopic (exact) mass is 231 g/mol. The summed E-state index contributed by atoms with van der Waals surface area (Å²) < 4.78 is 0. The lowest BCUT2D eigenvalue weighted by Crippen LogP contribution is -2.25. The molecule has 0 aromatic heterocycles. The molecule has 0 radical (unpaired) electrons. The molecule has 0 aliphatic heterocycles. The van der Waals surface area contributed by atoms with Crippen molar-refractivity contribution in [1.29, 1.82) is 0 Å². The van der Waals surface area contributed by atoms with Gasteiger partial charge in [-0.25, -0.2) is 0 Å². The number of hydrogen-bond acceptors (Lipinski definition) is 2. The Hall–Kier alpha value is -1.64. The molecule has 17 heavy (non-hydrogen) atoms. The van der Waals surface area contributed by atoms with Crippen LogP contribution in [0.3, 0.4) is 0 Å². The first-order valence-corrected chi connectivity index (χ1v) is 5.93. The molecule has 3 heteroatoms. The third kappa shape index (κ3) is 2.23. The van der Waals surface area contributed by atoms with E-state index in [2.05, 4.69) is 26.0 Å². The number of nitrogens with zero attached hydrogens (tertiary/aromatic N) is 1. The zero-order chi connectivity index (χ0) is 12.5. The van der Waals surface area contributed by atoms with Crippen LogP contribution in [0.2, 0.25) is 0 Å². The maximum atomic E-state index is 10.6. The molecule has 0 heterocycles. The highest BCUT2D eigenvalue weighted by Gasteiger charge is 2.30. The van der Waals surface area contributed by atoms with Crippen LogP contribution >= 0.6 is 0 Å². The summed E-state index contributed by atoms with van der Waals surface area (Å²) in [5, 5.41) is 10.6. The van der Waals surface area contributed by atoms with Gasteiger partial charge in [-0.05, 0) is 29.7 Å². The highest BCUT2D eigenvalue weighted by Crippen LogP contribution is 2.38. The lowest BCUT2D eigenvalue weighted by molar-refractivity contribution is -0.384. The summed E-state index contributed by atoms with van der Waals surface area (Å²) >= 11 is 0. The second kappa shape index (κ2) is 4.32. The van der Waals surface area contributed by atoms with E-state index in [1.807, 2.05) is 12.1 Å². The van der Waals surface area contributed by atoms with Gasteiger partial charge in [0.1, 0.15) is 0 Å². The Morgan fingerprint density at radius 3 is 2.41 bits per heavy atom. The van der Waals surface area contributed by atoms with E-state index in [0.717, 1.165) is 6.42 Å². The molecule has 0 amide bonds. The van der Waals surface area contributed by atoms with Crippen LogP contribution < -0.4 is 0 Å². The number of hydrogen-bond donors (Lipinski definition) is 0. The molecule has 0 saturated heterocycles. The molecule has 1 aromatic rings. The van der Waals surface area contributed by atoms with Gasteiger partial charge in [0.05, 0.1) is 4.92 Å². The minimum atomic E-state index is -0.355. The Morgan fingerprint density at radius 1 is 1.29 bits per heavy atom. The van der Waals surface area contributed by atoms with E-state index in [1.54, 1.807) is 12.1 Å². The third-order valence-corrected chi connectivity index (χ3v) is 3.76. The van der Waals surface area contributed by atoms with Crippen molar-refractivity contribution in [2.24, 2.45) is 5.92 Å². The number of non-ortho nitro benzene ring substituents is 1. The molecule has 1 atom stereocenters. The summed E-state index contributed by atoms with van der Waals surface area (Å²) in [5.41, 5.74) is 1.37. The largest absolute Gasteiger partial charge is 0.269 e. The van der Waals surface area contributed by atoms with Gasteiger partial charge in [0.2, 0.25) is 0 Å². The number of benzene rings is 1. The van der Waals surface area contributed by atoms with Crippen LogP contribution in [0.15, 0.2) is 36.4 Å². The third-order valence-electron chi connectivity index (χ3n) is 3.76. The second-order valence-corrected chi connectivity index (χ2v) is 5.14. The summed E-state index contributed by atoms with van der Waals surface area (Å²) in [6.45, 7) is 4.41. The normalized spacial score (nSPS) is 19.5. The van der Waals surface area contributed by atoms with E-state index in [-0.39, 0.29) is 16.0 Å². The van der Waals surface area contributed by atoms with Crippen molar-refractivity contribution < 1.29 is 4.92 Å². The van der Waals surface area contributed by atoms with Crippen molar-refractivity contribution in [3.8, 4) is 0 Å². The molecule has 1 aromatic carbocycles. The van der Waals surface area contributed by atoms with Crippen molar-refractivity contribution in [2.45, 2.75) is 32.1 Å². The highest BCUT2D eigenvalue weighted by molar-refractivity contribution is 5.37. The van der Waals surface area contributed by atoms with Crippen LogP contribution in [0, 0.1) is 16.0 Å². The van der Waals surface area contributed by atoms with Crippen LogP contribution in [-0.2, 0) is 5.41 Å². The summed E-state index contributed by atoms with van der Waals surface area (Å²) in [6.07, 6.45) is 6.80. The van der Waals surface area contributed by atoms with E-state index in [0.29, 0.717) is 5.92 Å². The topological polar surface area (TPSA) is 43.1 Å². The molecular formula is C14H17NO2. The maximum Gasteiger partial charge on any atom is 0.269 e. The average Bonchev–Trinajstić information content (AvgIpc) is 2.83. The fourth-order valence-corrected chi connectivity index (χ4v) is 2.46. The molecule has 1 aliphatic carbocycles. The molecule has 0 bridgehead atoms. The number of rotatable bonds is 3. The second-order valence-electron chi connectivity index (χ2n) is 5.14. The first-order chi connectivity index (χ1) is 8.01. The molecule has 0 spiro atoms. The molecule has 0 saturated carbocycles. The molecule has 1 aliphatic rings. The van der Waals surface area contributed by atoms with Crippen LogP contribution in [-0.4, -0.2) is 4.92 Å². The lowest BCUT2D eigenvalue weighted by Gasteiger charge is -2.31. The molecule has 0 fully saturated rings. The number of nitro groups is 1. The average molecular weight is 231 g/mol. The lowest BCUT2D eigenvalue weighted by atomic mass is 9.73. The first-order valence-electron chi connectivity index (χ1n) is 5.93. The van der Waals surface area contributed by atoms with Crippen molar-refractivity contribution in [2.75, 3.05) is 0 Å². The van der Waals surface area contributed by atoms with E-state index in [1.165, 1.54) is 12.0 Å². The van der Waals surface area contributed by atoms with Gasteiger partial charge >= 0.3 is 0 Å². The summed E-state index contributed by atoms with van der Waals surface area (Å²) in [6, 6.07) is 6.94. The van der Waals surface area contributed by atoms with Crippen LogP contribution in [0.25, 0.3) is 0 Å². The van der Waals surface area contributed by atoms with Crippen molar-refractivity contribution in [3.63, 3.8) is 0 Å². The Labute approximate surface area is 101 Å². The van der Waals surface area contributed by atoms with Gasteiger partial charge in [0.25, 0.3) is 5.69 Å². The summed E-state index contributed by atoms with van der Waals surface area (Å²) in [5.74, 6) is 0.531. The Kier molecular flexibility index (Phi) is 3.01. The SMILES string of the molecule is CC(C)(c1ccc([N+](=O)[O-])cc1)C1C=CCC1. The zero-order valence-corrected chi connectivity index (χ0v) is 10.2.